The first-order valence-electron chi connectivity index (χ1n) is 6.93. The van der Waals surface area contributed by atoms with Crippen LogP contribution in [-0.4, -0.2) is 16.1 Å². The normalized spacial score (nSPS) is 11.3. The third kappa shape index (κ3) is 6.47. The van der Waals surface area contributed by atoms with Gasteiger partial charge in [0.2, 0.25) is 0 Å². The zero-order chi connectivity index (χ0) is 12.5. The smallest absolute Gasteiger partial charge is 0.0949 e. The Morgan fingerprint density at radius 2 is 2.12 bits per heavy atom. The Bertz CT molecular complexity index is 291. The Hall–Kier alpha value is -0.830. The fourth-order valence-corrected chi connectivity index (χ4v) is 1.83. The summed E-state index contributed by atoms with van der Waals surface area (Å²) in [5.41, 5.74) is 1.15. The highest BCUT2D eigenvalue weighted by atomic mass is 15.0. The summed E-state index contributed by atoms with van der Waals surface area (Å²) in [6.45, 7) is 9.75. The number of aromatic nitrogens is 2. The average Bonchev–Trinajstić information content (AvgIpc) is 2.72. The highest BCUT2D eigenvalue weighted by molar-refractivity contribution is 4.96. The van der Waals surface area contributed by atoms with E-state index in [0.29, 0.717) is 5.92 Å². The number of unbranched alkanes of at least 4 members (excludes halogenated alkanes) is 3. The van der Waals surface area contributed by atoms with Crippen molar-refractivity contribution in [3.05, 3.63) is 18.2 Å². The number of hydrogen-bond donors (Lipinski definition) is 1. The summed E-state index contributed by atoms with van der Waals surface area (Å²) >= 11 is 0. The number of hydrogen-bond acceptors (Lipinski definition) is 2. The van der Waals surface area contributed by atoms with Crippen LogP contribution in [0, 0.1) is 5.92 Å². The number of nitrogens with zero attached hydrogens (tertiary/aromatic N) is 2. The molecule has 3 nitrogen and oxygen atoms in total. The first kappa shape index (κ1) is 14.2. The monoisotopic (exact) mass is 237 g/mol. The third-order valence-corrected chi connectivity index (χ3v) is 2.82. The van der Waals surface area contributed by atoms with Crippen molar-refractivity contribution >= 4 is 0 Å². The van der Waals surface area contributed by atoms with Gasteiger partial charge in [-0.1, -0.05) is 40.0 Å². The molecule has 98 valence electrons. The minimum Gasteiger partial charge on any atom is -0.337 e. The Labute approximate surface area is 106 Å². The van der Waals surface area contributed by atoms with Crippen LogP contribution in [0.3, 0.4) is 0 Å². The molecule has 1 aromatic heterocycles. The van der Waals surface area contributed by atoms with Gasteiger partial charge in [-0.05, 0) is 18.9 Å². The molecule has 1 N–H and O–H groups in total. The lowest BCUT2D eigenvalue weighted by molar-refractivity contribution is 0.548. The van der Waals surface area contributed by atoms with Crippen LogP contribution >= 0.6 is 0 Å². The predicted octanol–water partition coefficient (Wildman–Crippen LogP) is 3.21. The van der Waals surface area contributed by atoms with E-state index in [9.17, 15) is 0 Å². The van der Waals surface area contributed by atoms with Gasteiger partial charge < -0.3 is 9.88 Å². The van der Waals surface area contributed by atoms with E-state index in [1.54, 1.807) is 0 Å². The molecule has 17 heavy (non-hydrogen) atoms. The minimum atomic E-state index is 0.700. The largest absolute Gasteiger partial charge is 0.337 e. The second-order valence-electron chi connectivity index (χ2n) is 5.19. The molecule has 1 heterocycles. The molecule has 0 aliphatic heterocycles. The van der Waals surface area contributed by atoms with E-state index in [1.165, 1.54) is 25.7 Å². The van der Waals surface area contributed by atoms with Gasteiger partial charge in [-0.25, -0.2) is 4.98 Å². The van der Waals surface area contributed by atoms with Gasteiger partial charge in [-0.3, -0.25) is 0 Å². The quantitative estimate of drug-likeness (QED) is 0.668. The van der Waals surface area contributed by atoms with Gasteiger partial charge in [-0.15, -0.1) is 0 Å². The Kier molecular flexibility index (Phi) is 6.94. The van der Waals surface area contributed by atoms with E-state index >= 15 is 0 Å². The van der Waals surface area contributed by atoms with E-state index in [0.717, 1.165) is 25.3 Å². The first-order chi connectivity index (χ1) is 8.22. The molecule has 0 fully saturated rings. The molecule has 0 spiro atoms. The van der Waals surface area contributed by atoms with Gasteiger partial charge in [0, 0.05) is 19.3 Å². The molecule has 1 aromatic rings. The second-order valence-corrected chi connectivity index (χ2v) is 5.19. The molecule has 0 bridgehead atoms. The van der Waals surface area contributed by atoms with Crippen LogP contribution in [-0.2, 0) is 13.1 Å². The van der Waals surface area contributed by atoms with Crippen LogP contribution in [0.4, 0.5) is 0 Å². The molecule has 0 aromatic carbocycles. The molecule has 1 rings (SSSR count). The summed E-state index contributed by atoms with van der Waals surface area (Å²) in [4.78, 5) is 4.41. The maximum atomic E-state index is 4.41. The van der Waals surface area contributed by atoms with Crippen molar-refractivity contribution in [3.8, 4) is 0 Å². The maximum Gasteiger partial charge on any atom is 0.0949 e. The molecule has 0 aliphatic rings. The topological polar surface area (TPSA) is 29.9 Å². The van der Waals surface area contributed by atoms with Crippen LogP contribution in [0.15, 0.2) is 12.5 Å². The number of nitrogens with one attached hydrogen (secondary N) is 1. The lowest BCUT2D eigenvalue weighted by Gasteiger charge is -2.05. The van der Waals surface area contributed by atoms with Crippen molar-refractivity contribution in [1.29, 1.82) is 0 Å². The van der Waals surface area contributed by atoms with Gasteiger partial charge >= 0.3 is 0 Å². The van der Waals surface area contributed by atoms with Crippen LogP contribution < -0.4 is 5.32 Å². The third-order valence-electron chi connectivity index (χ3n) is 2.82. The minimum absolute atomic E-state index is 0.700. The molecule has 0 saturated heterocycles. The van der Waals surface area contributed by atoms with Crippen LogP contribution in [0.5, 0.6) is 0 Å². The van der Waals surface area contributed by atoms with Gasteiger partial charge in [0.1, 0.15) is 0 Å². The van der Waals surface area contributed by atoms with Crippen LogP contribution in [0.1, 0.15) is 52.1 Å². The summed E-state index contributed by atoms with van der Waals surface area (Å²) in [5.74, 6) is 0.700. The lowest BCUT2D eigenvalue weighted by Crippen LogP contribution is -2.19. The zero-order valence-corrected chi connectivity index (χ0v) is 11.6. The van der Waals surface area contributed by atoms with Crippen LogP contribution in [0.2, 0.25) is 0 Å². The van der Waals surface area contributed by atoms with E-state index in [2.05, 4.69) is 41.8 Å². The molecule has 0 amide bonds. The predicted molar refractivity (Wildman–Crippen MR) is 72.9 cm³/mol. The van der Waals surface area contributed by atoms with Crippen molar-refractivity contribution in [1.82, 2.24) is 14.9 Å². The molecule has 0 unspecified atom stereocenters. The summed E-state index contributed by atoms with van der Waals surface area (Å²) in [5, 5.41) is 3.42. The highest BCUT2D eigenvalue weighted by Crippen LogP contribution is 2.03. The zero-order valence-electron chi connectivity index (χ0n) is 11.6. The highest BCUT2D eigenvalue weighted by Gasteiger charge is 1.99. The van der Waals surface area contributed by atoms with Gasteiger partial charge in [0.25, 0.3) is 0 Å². The van der Waals surface area contributed by atoms with Crippen molar-refractivity contribution in [2.75, 3.05) is 6.54 Å². The van der Waals surface area contributed by atoms with E-state index in [-0.39, 0.29) is 0 Å². The molecule has 3 heteroatoms. The first-order valence-corrected chi connectivity index (χ1v) is 6.93. The molecule has 0 atom stereocenters. The number of rotatable bonds is 9. The SMILES string of the molecule is CCCCCCn1cnc(CNCC(C)C)c1. The van der Waals surface area contributed by atoms with E-state index in [4.69, 9.17) is 0 Å². The molecule has 0 aliphatic carbocycles. The maximum absolute atomic E-state index is 4.41. The van der Waals surface area contributed by atoms with Gasteiger partial charge in [0.15, 0.2) is 0 Å². The lowest BCUT2D eigenvalue weighted by atomic mass is 10.2. The molecule has 0 saturated carbocycles. The molecular weight excluding hydrogens is 210 g/mol. The van der Waals surface area contributed by atoms with E-state index < -0.39 is 0 Å². The molecule has 0 radical (unpaired) electrons. The summed E-state index contributed by atoms with van der Waals surface area (Å²) in [6.07, 6.45) is 9.36. The second kappa shape index (κ2) is 8.29. The standard InChI is InChI=1S/C14H27N3/c1-4-5-6-7-8-17-11-14(16-12-17)10-15-9-13(2)3/h11-13,15H,4-10H2,1-3H3. The van der Waals surface area contributed by atoms with Gasteiger partial charge in [-0.2, -0.15) is 0 Å². The number of imidazole rings is 1. The summed E-state index contributed by atoms with van der Waals surface area (Å²) in [6, 6.07) is 0. The summed E-state index contributed by atoms with van der Waals surface area (Å²) < 4.78 is 2.21. The number of aryl methyl sites for hydroxylation is 1. The van der Waals surface area contributed by atoms with Crippen LogP contribution in [0.25, 0.3) is 0 Å². The average molecular weight is 237 g/mol. The summed E-state index contributed by atoms with van der Waals surface area (Å²) in [7, 11) is 0. The Balaban J connectivity index is 2.18. The van der Waals surface area contributed by atoms with Crippen molar-refractivity contribution in [2.24, 2.45) is 5.92 Å². The van der Waals surface area contributed by atoms with Crippen molar-refractivity contribution in [3.63, 3.8) is 0 Å². The fraction of sp³-hybridized carbons (Fsp3) is 0.786. The Morgan fingerprint density at radius 3 is 2.82 bits per heavy atom. The van der Waals surface area contributed by atoms with Crippen molar-refractivity contribution < 1.29 is 0 Å². The molecular formula is C14H27N3. The van der Waals surface area contributed by atoms with Gasteiger partial charge in [0.05, 0.1) is 12.0 Å². The Morgan fingerprint density at radius 1 is 1.29 bits per heavy atom. The van der Waals surface area contributed by atoms with Crippen molar-refractivity contribution in [2.45, 2.75) is 59.5 Å². The van der Waals surface area contributed by atoms with E-state index in [1.807, 2.05) is 6.33 Å². The fourth-order valence-electron chi connectivity index (χ4n) is 1.83.